The molecule has 1 aliphatic carbocycles. The van der Waals surface area contributed by atoms with E-state index >= 15 is 0 Å². The second-order valence-electron chi connectivity index (χ2n) is 7.17. The van der Waals surface area contributed by atoms with Crippen molar-refractivity contribution in [2.24, 2.45) is 17.6 Å². The quantitative estimate of drug-likeness (QED) is 0.840. The predicted molar refractivity (Wildman–Crippen MR) is 86.9 cm³/mol. The summed E-state index contributed by atoms with van der Waals surface area (Å²) in [4.78, 5) is 5.22. The third kappa shape index (κ3) is 3.96. The van der Waals surface area contributed by atoms with Crippen molar-refractivity contribution in [2.75, 3.05) is 33.2 Å². The first kappa shape index (κ1) is 16.3. The van der Waals surface area contributed by atoms with Crippen LogP contribution in [0.2, 0.25) is 0 Å². The lowest BCUT2D eigenvalue weighted by Gasteiger charge is -2.44. The van der Waals surface area contributed by atoms with Crippen LogP contribution in [-0.4, -0.2) is 55.1 Å². The van der Waals surface area contributed by atoms with Gasteiger partial charge in [0, 0.05) is 18.6 Å². The average molecular weight is 281 g/mol. The lowest BCUT2D eigenvalue weighted by atomic mass is 9.77. The maximum atomic E-state index is 6.16. The van der Waals surface area contributed by atoms with Crippen molar-refractivity contribution in [1.82, 2.24) is 9.80 Å². The maximum absolute atomic E-state index is 6.16. The molecule has 2 fully saturated rings. The van der Waals surface area contributed by atoms with Crippen LogP contribution in [0.5, 0.6) is 0 Å². The fourth-order valence-corrected chi connectivity index (χ4v) is 4.44. The number of hydrogen-bond donors (Lipinski definition) is 1. The highest BCUT2D eigenvalue weighted by Gasteiger charge is 2.32. The first-order valence-corrected chi connectivity index (χ1v) is 8.80. The van der Waals surface area contributed by atoms with Gasteiger partial charge in [-0.1, -0.05) is 26.7 Å². The molecule has 0 aromatic heterocycles. The predicted octanol–water partition coefficient (Wildman–Crippen LogP) is 2.56. The highest BCUT2D eigenvalue weighted by Crippen LogP contribution is 2.33. The van der Waals surface area contributed by atoms with E-state index in [2.05, 4.69) is 30.7 Å². The van der Waals surface area contributed by atoms with E-state index < -0.39 is 0 Å². The largest absolute Gasteiger partial charge is 0.329 e. The lowest BCUT2D eigenvalue weighted by Crippen LogP contribution is -2.52. The molecule has 0 aromatic carbocycles. The highest BCUT2D eigenvalue weighted by molar-refractivity contribution is 4.88. The van der Waals surface area contributed by atoms with Gasteiger partial charge in [-0.3, -0.25) is 4.90 Å². The molecule has 0 bridgehead atoms. The summed E-state index contributed by atoms with van der Waals surface area (Å²) in [5, 5.41) is 0. The molecule has 3 nitrogen and oxygen atoms in total. The minimum Gasteiger partial charge on any atom is -0.329 e. The Bertz CT molecular complexity index is 273. The first-order valence-electron chi connectivity index (χ1n) is 8.80. The van der Waals surface area contributed by atoms with Crippen LogP contribution in [0.3, 0.4) is 0 Å². The third-order valence-corrected chi connectivity index (χ3v) is 5.87. The van der Waals surface area contributed by atoms with E-state index in [1.54, 1.807) is 0 Å². The summed E-state index contributed by atoms with van der Waals surface area (Å²) in [6.45, 7) is 9.27. The number of piperidine rings is 1. The van der Waals surface area contributed by atoms with E-state index in [9.17, 15) is 0 Å². The lowest BCUT2D eigenvalue weighted by molar-refractivity contribution is 0.0586. The van der Waals surface area contributed by atoms with Crippen LogP contribution in [0.1, 0.15) is 52.4 Å². The zero-order valence-electron chi connectivity index (χ0n) is 13.9. The van der Waals surface area contributed by atoms with Crippen molar-refractivity contribution >= 4 is 0 Å². The summed E-state index contributed by atoms with van der Waals surface area (Å²) in [6.07, 6.45) is 8.26. The fourth-order valence-electron chi connectivity index (χ4n) is 4.44. The molecule has 0 spiro atoms. The summed E-state index contributed by atoms with van der Waals surface area (Å²) >= 11 is 0. The van der Waals surface area contributed by atoms with Gasteiger partial charge in [0.1, 0.15) is 0 Å². The SMILES string of the molecule is CCN1CCC(N(C)C(CN)C2CCCC(C)C2)CC1. The zero-order chi connectivity index (χ0) is 14.5. The smallest absolute Gasteiger partial charge is 0.0246 e. The Hall–Kier alpha value is -0.120. The number of likely N-dealkylation sites (tertiary alicyclic amines) is 1. The monoisotopic (exact) mass is 281 g/mol. The molecule has 2 N–H and O–H groups in total. The van der Waals surface area contributed by atoms with Gasteiger partial charge in [-0.25, -0.2) is 0 Å². The molecule has 2 rings (SSSR count). The molecule has 3 atom stereocenters. The number of nitrogens with zero attached hydrogens (tertiary/aromatic N) is 2. The van der Waals surface area contributed by atoms with Crippen LogP contribution in [0.4, 0.5) is 0 Å². The van der Waals surface area contributed by atoms with E-state index in [1.807, 2.05) is 0 Å². The van der Waals surface area contributed by atoms with Crippen LogP contribution < -0.4 is 5.73 Å². The normalized spacial score (nSPS) is 31.6. The molecular weight excluding hydrogens is 246 g/mol. The molecule has 1 heterocycles. The van der Waals surface area contributed by atoms with E-state index in [1.165, 1.54) is 58.2 Å². The molecule has 3 unspecified atom stereocenters. The Balaban J connectivity index is 1.89. The third-order valence-electron chi connectivity index (χ3n) is 5.87. The molecule has 1 saturated heterocycles. The Morgan fingerprint density at radius 3 is 2.45 bits per heavy atom. The van der Waals surface area contributed by atoms with E-state index in [0.29, 0.717) is 6.04 Å². The van der Waals surface area contributed by atoms with Gasteiger partial charge in [-0.2, -0.15) is 0 Å². The van der Waals surface area contributed by atoms with E-state index in [4.69, 9.17) is 5.73 Å². The van der Waals surface area contributed by atoms with Gasteiger partial charge in [0.25, 0.3) is 0 Å². The van der Waals surface area contributed by atoms with Crippen LogP contribution in [0, 0.1) is 11.8 Å². The van der Waals surface area contributed by atoms with Gasteiger partial charge >= 0.3 is 0 Å². The summed E-state index contributed by atoms with van der Waals surface area (Å²) in [7, 11) is 2.34. The second-order valence-corrected chi connectivity index (χ2v) is 7.17. The van der Waals surface area contributed by atoms with Crippen LogP contribution in [-0.2, 0) is 0 Å². The molecule has 0 radical (unpaired) electrons. The number of rotatable bonds is 5. The molecular formula is C17H35N3. The number of nitrogens with two attached hydrogens (primary N) is 1. The van der Waals surface area contributed by atoms with Gasteiger partial charge in [0.2, 0.25) is 0 Å². The molecule has 3 heteroatoms. The van der Waals surface area contributed by atoms with Crippen molar-refractivity contribution < 1.29 is 0 Å². The molecule has 2 aliphatic rings. The standard InChI is InChI=1S/C17H35N3/c1-4-20-10-8-16(9-11-20)19(3)17(13-18)15-7-5-6-14(2)12-15/h14-17H,4-13,18H2,1-3H3. The molecule has 0 amide bonds. The van der Waals surface area contributed by atoms with Gasteiger partial charge in [0.15, 0.2) is 0 Å². The minimum atomic E-state index is 0.607. The van der Waals surface area contributed by atoms with E-state index in [0.717, 1.165) is 24.4 Å². The van der Waals surface area contributed by atoms with Crippen LogP contribution in [0.15, 0.2) is 0 Å². The summed E-state index contributed by atoms with van der Waals surface area (Å²) in [5.41, 5.74) is 6.16. The first-order chi connectivity index (χ1) is 9.65. The van der Waals surface area contributed by atoms with Gasteiger partial charge in [0.05, 0.1) is 0 Å². The zero-order valence-corrected chi connectivity index (χ0v) is 13.9. The Labute approximate surface area is 125 Å². The van der Waals surface area contributed by atoms with Crippen molar-refractivity contribution in [3.8, 4) is 0 Å². The average Bonchev–Trinajstić information content (AvgIpc) is 2.48. The van der Waals surface area contributed by atoms with Crippen molar-refractivity contribution in [3.63, 3.8) is 0 Å². The van der Waals surface area contributed by atoms with Gasteiger partial charge in [-0.05, 0) is 64.2 Å². The second kappa shape index (κ2) is 7.77. The minimum absolute atomic E-state index is 0.607. The molecule has 20 heavy (non-hydrogen) atoms. The van der Waals surface area contributed by atoms with Crippen molar-refractivity contribution in [1.29, 1.82) is 0 Å². The van der Waals surface area contributed by atoms with Gasteiger partial charge < -0.3 is 10.6 Å². The van der Waals surface area contributed by atoms with Crippen LogP contribution in [0.25, 0.3) is 0 Å². The molecule has 118 valence electrons. The van der Waals surface area contributed by atoms with Crippen molar-refractivity contribution in [2.45, 2.75) is 64.5 Å². The Morgan fingerprint density at radius 2 is 1.90 bits per heavy atom. The van der Waals surface area contributed by atoms with Crippen molar-refractivity contribution in [3.05, 3.63) is 0 Å². The number of likely N-dealkylation sites (N-methyl/N-ethyl adjacent to an activating group) is 1. The number of hydrogen-bond acceptors (Lipinski definition) is 3. The van der Waals surface area contributed by atoms with Crippen LogP contribution >= 0.6 is 0 Å². The molecule has 0 aromatic rings. The summed E-state index contributed by atoms with van der Waals surface area (Å²) in [5.74, 6) is 1.73. The summed E-state index contributed by atoms with van der Waals surface area (Å²) < 4.78 is 0. The highest BCUT2D eigenvalue weighted by atomic mass is 15.2. The fraction of sp³-hybridized carbons (Fsp3) is 1.00. The summed E-state index contributed by atoms with van der Waals surface area (Å²) in [6, 6.07) is 1.36. The topological polar surface area (TPSA) is 32.5 Å². The molecule has 1 aliphatic heterocycles. The van der Waals surface area contributed by atoms with E-state index in [-0.39, 0.29) is 0 Å². The Kier molecular flexibility index (Phi) is 6.31. The maximum Gasteiger partial charge on any atom is 0.0246 e. The van der Waals surface area contributed by atoms with Gasteiger partial charge in [-0.15, -0.1) is 0 Å². The molecule has 1 saturated carbocycles. The Morgan fingerprint density at radius 1 is 1.20 bits per heavy atom.